The maximum Gasteiger partial charge on any atom is 0.337 e. The third-order valence-electron chi connectivity index (χ3n) is 2.64. The lowest BCUT2D eigenvalue weighted by Crippen LogP contribution is -2.03. The van der Waals surface area contributed by atoms with Crippen LogP contribution in [0.1, 0.15) is 10.4 Å². The molecule has 23 heavy (non-hydrogen) atoms. The van der Waals surface area contributed by atoms with E-state index in [9.17, 15) is 14.9 Å². The Morgan fingerprint density at radius 3 is 2.70 bits per heavy atom. The van der Waals surface area contributed by atoms with Crippen molar-refractivity contribution in [2.45, 2.75) is 5.03 Å². The molecule has 0 fully saturated rings. The van der Waals surface area contributed by atoms with Crippen LogP contribution in [0.5, 0.6) is 0 Å². The summed E-state index contributed by atoms with van der Waals surface area (Å²) in [7, 11) is 1.29. The first-order valence-corrected chi connectivity index (χ1v) is 6.89. The monoisotopic (exact) mass is 331 g/mol. The molecule has 0 atom stereocenters. The normalized spacial score (nSPS) is 9.74. The SMILES string of the molecule is COC(=O)c1ccc(Nc2ncc([N+](=O)[O-])c(SC#N)n2)cc1. The Balaban J connectivity index is 2.23. The molecule has 0 amide bonds. The molecule has 0 radical (unpaired) electrons. The van der Waals surface area contributed by atoms with Crippen molar-refractivity contribution in [3.63, 3.8) is 0 Å². The molecule has 1 aromatic heterocycles. The molecule has 0 aliphatic carbocycles. The first-order valence-electron chi connectivity index (χ1n) is 6.08. The lowest BCUT2D eigenvalue weighted by atomic mass is 10.2. The highest BCUT2D eigenvalue weighted by atomic mass is 32.2. The van der Waals surface area contributed by atoms with Crippen LogP contribution >= 0.6 is 11.8 Å². The van der Waals surface area contributed by atoms with Gasteiger partial charge in [-0.15, -0.1) is 0 Å². The Kier molecular flexibility index (Phi) is 5.06. The predicted octanol–water partition coefficient (Wildman–Crippen LogP) is 2.49. The van der Waals surface area contributed by atoms with Crippen molar-refractivity contribution in [3.05, 3.63) is 46.1 Å². The molecule has 2 aromatic rings. The van der Waals surface area contributed by atoms with E-state index >= 15 is 0 Å². The summed E-state index contributed by atoms with van der Waals surface area (Å²) < 4.78 is 4.59. The molecule has 1 aromatic carbocycles. The van der Waals surface area contributed by atoms with Crippen molar-refractivity contribution < 1.29 is 14.5 Å². The van der Waals surface area contributed by atoms with E-state index in [1.807, 2.05) is 0 Å². The zero-order chi connectivity index (χ0) is 16.8. The molecule has 0 bridgehead atoms. The summed E-state index contributed by atoms with van der Waals surface area (Å²) in [4.78, 5) is 29.3. The van der Waals surface area contributed by atoms with E-state index in [1.54, 1.807) is 29.7 Å². The topological polar surface area (TPSA) is 131 Å². The largest absolute Gasteiger partial charge is 0.465 e. The average Bonchev–Trinajstić information content (AvgIpc) is 2.55. The molecule has 9 nitrogen and oxygen atoms in total. The minimum atomic E-state index is -0.658. The lowest BCUT2D eigenvalue weighted by Gasteiger charge is -2.06. The van der Waals surface area contributed by atoms with Crippen LogP contribution in [0.15, 0.2) is 35.5 Å². The van der Waals surface area contributed by atoms with Crippen LogP contribution in [0, 0.1) is 20.8 Å². The average molecular weight is 331 g/mol. The van der Waals surface area contributed by atoms with Gasteiger partial charge in [-0.3, -0.25) is 10.1 Å². The Morgan fingerprint density at radius 1 is 1.43 bits per heavy atom. The number of carbonyl (C=O) groups excluding carboxylic acids is 1. The molecular weight excluding hydrogens is 322 g/mol. The van der Waals surface area contributed by atoms with Gasteiger partial charge in [0.1, 0.15) is 11.6 Å². The number of hydrogen-bond donors (Lipinski definition) is 1. The molecule has 10 heteroatoms. The second-order valence-electron chi connectivity index (χ2n) is 4.03. The van der Waals surface area contributed by atoms with E-state index in [0.29, 0.717) is 23.0 Å². The fourth-order valence-corrected chi connectivity index (χ4v) is 2.05. The maximum atomic E-state index is 11.3. The van der Waals surface area contributed by atoms with Crippen LogP contribution in [-0.2, 0) is 4.74 Å². The Labute approximate surface area is 134 Å². The van der Waals surface area contributed by atoms with E-state index < -0.39 is 10.9 Å². The summed E-state index contributed by atoms with van der Waals surface area (Å²) >= 11 is 0.576. The number of nitriles is 1. The summed E-state index contributed by atoms with van der Waals surface area (Å²) in [5.74, 6) is -0.366. The van der Waals surface area contributed by atoms with Crippen LogP contribution in [0.2, 0.25) is 0 Å². The molecule has 0 aliphatic rings. The van der Waals surface area contributed by atoms with Crippen molar-refractivity contribution in [1.29, 1.82) is 5.26 Å². The van der Waals surface area contributed by atoms with Gasteiger partial charge in [-0.2, -0.15) is 10.2 Å². The fraction of sp³-hybridized carbons (Fsp3) is 0.0769. The third kappa shape index (κ3) is 3.92. The number of methoxy groups -OCH3 is 1. The highest BCUT2D eigenvalue weighted by Gasteiger charge is 2.18. The van der Waals surface area contributed by atoms with Gasteiger partial charge in [0.2, 0.25) is 5.95 Å². The lowest BCUT2D eigenvalue weighted by molar-refractivity contribution is -0.388. The number of rotatable bonds is 5. The molecule has 0 aliphatic heterocycles. The number of ether oxygens (including phenoxy) is 1. The van der Waals surface area contributed by atoms with Gasteiger partial charge in [0.25, 0.3) is 0 Å². The van der Waals surface area contributed by atoms with Gasteiger partial charge < -0.3 is 10.1 Å². The minimum Gasteiger partial charge on any atom is -0.465 e. The van der Waals surface area contributed by atoms with Gasteiger partial charge >= 0.3 is 11.7 Å². The molecule has 1 heterocycles. The Hall–Kier alpha value is -3.19. The van der Waals surface area contributed by atoms with Crippen molar-refractivity contribution in [3.8, 4) is 5.40 Å². The van der Waals surface area contributed by atoms with Gasteiger partial charge in [-0.25, -0.2) is 9.78 Å². The van der Waals surface area contributed by atoms with Crippen LogP contribution in [0.25, 0.3) is 0 Å². The van der Waals surface area contributed by atoms with Crippen molar-refractivity contribution >= 4 is 35.1 Å². The van der Waals surface area contributed by atoms with E-state index in [0.717, 1.165) is 6.20 Å². The zero-order valence-electron chi connectivity index (χ0n) is 11.7. The standard InChI is InChI=1S/C13H9N5O4S/c1-22-12(19)8-2-4-9(5-3-8)16-13-15-6-10(18(20)21)11(17-13)23-7-14/h2-6H,1H3,(H,15,16,17). The quantitative estimate of drug-likeness (QED) is 0.219. The highest BCUT2D eigenvalue weighted by Crippen LogP contribution is 2.27. The minimum absolute atomic E-state index is 0.0545. The smallest absolute Gasteiger partial charge is 0.337 e. The van der Waals surface area contributed by atoms with Gasteiger partial charge in [-0.1, -0.05) is 0 Å². The second-order valence-corrected chi connectivity index (χ2v) is 4.80. The third-order valence-corrected chi connectivity index (χ3v) is 3.22. The molecule has 0 saturated carbocycles. The fourth-order valence-electron chi connectivity index (χ4n) is 1.60. The Bertz CT molecular complexity index is 788. The number of nitro groups is 1. The summed E-state index contributed by atoms with van der Waals surface area (Å²) in [6.07, 6.45) is 1.03. The van der Waals surface area contributed by atoms with Crippen molar-refractivity contribution in [2.24, 2.45) is 0 Å². The number of benzene rings is 1. The number of aromatic nitrogens is 2. The van der Waals surface area contributed by atoms with Crippen LogP contribution < -0.4 is 5.32 Å². The number of thiocyanates is 1. The molecule has 1 N–H and O–H groups in total. The van der Waals surface area contributed by atoms with Crippen molar-refractivity contribution in [2.75, 3.05) is 12.4 Å². The van der Waals surface area contributed by atoms with Crippen LogP contribution in [0.3, 0.4) is 0 Å². The molecule has 0 unspecified atom stereocenters. The summed E-state index contributed by atoms with van der Waals surface area (Å²) in [6.45, 7) is 0. The van der Waals surface area contributed by atoms with E-state index in [1.165, 1.54) is 7.11 Å². The van der Waals surface area contributed by atoms with Gasteiger partial charge in [-0.05, 0) is 24.3 Å². The summed E-state index contributed by atoms with van der Waals surface area (Å²) in [5, 5.41) is 24.0. The number of anilines is 2. The van der Waals surface area contributed by atoms with Gasteiger partial charge in [0.15, 0.2) is 5.03 Å². The molecule has 0 spiro atoms. The predicted molar refractivity (Wildman–Crippen MR) is 81.2 cm³/mol. The first kappa shape index (κ1) is 16.2. The molecule has 0 saturated heterocycles. The van der Waals surface area contributed by atoms with Gasteiger partial charge in [0.05, 0.1) is 17.6 Å². The van der Waals surface area contributed by atoms with Crippen LogP contribution in [-0.4, -0.2) is 28.0 Å². The molecular formula is C13H9N5O4S. The number of esters is 1. The summed E-state index contributed by atoms with van der Waals surface area (Å²) in [6, 6.07) is 6.30. The first-order chi connectivity index (χ1) is 11.0. The number of nitrogens with one attached hydrogen (secondary N) is 1. The molecule has 116 valence electrons. The highest BCUT2D eigenvalue weighted by molar-refractivity contribution is 8.03. The number of nitrogens with zero attached hydrogens (tertiary/aromatic N) is 4. The number of carbonyl (C=O) groups is 1. The second kappa shape index (κ2) is 7.19. The Morgan fingerprint density at radius 2 is 2.13 bits per heavy atom. The van der Waals surface area contributed by atoms with Gasteiger partial charge in [0, 0.05) is 17.4 Å². The zero-order valence-corrected chi connectivity index (χ0v) is 12.5. The van der Waals surface area contributed by atoms with E-state index in [2.05, 4.69) is 20.0 Å². The van der Waals surface area contributed by atoms with E-state index in [-0.39, 0.29) is 16.7 Å². The van der Waals surface area contributed by atoms with Crippen molar-refractivity contribution in [1.82, 2.24) is 9.97 Å². The number of thioether (sulfide) groups is 1. The summed E-state index contributed by atoms with van der Waals surface area (Å²) in [5.41, 5.74) is 0.603. The molecule has 2 rings (SSSR count). The van der Waals surface area contributed by atoms with Crippen LogP contribution in [0.4, 0.5) is 17.3 Å². The maximum absolute atomic E-state index is 11.3. The van der Waals surface area contributed by atoms with E-state index in [4.69, 9.17) is 5.26 Å². The number of hydrogen-bond acceptors (Lipinski definition) is 9.